The summed E-state index contributed by atoms with van der Waals surface area (Å²) in [5, 5.41) is 2.56. The summed E-state index contributed by atoms with van der Waals surface area (Å²) >= 11 is 0. The maximum atomic E-state index is 12.5. The third-order valence-electron chi connectivity index (χ3n) is 3.32. The lowest BCUT2D eigenvalue weighted by atomic mass is 10.2. The van der Waals surface area contributed by atoms with E-state index in [9.17, 15) is 13.2 Å². The largest absolute Gasteiger partial charge is 0.495 e. The van der Waals surface area contributed by atoms with Crippen molar-refractivity contribution in [3.8, 4) is 5.75 Å². The molecule has 24 heavy (non-hydrogen) atoms. The van der Waals surface area contributed by atoms with E-state index in [1.54, 1.807) is 6.07 Å². The minimum absolute atomic E-state index is 0.00990. The molecule has 0 aliphatic heterocycles. The number of carbonyl (C=O) groups excluding carboxylic acids is 1. The van der Waals surface area contributed by atoms with Crippen molar-refractivity contribution >= 4 is 21.6 Å². The van der Waals surface area contributed by atoms with Gasteiger partial charge in [0.2, 0.25) is 15.9 Å². The van der Waals surface area contributed by atoms with Gasteiger partial charge in [0.1, 0.15) is 10.6 Å². The zero-order chi connectivity index (χ0) is 17.6. The summed E-state index contributed by atoms with van der Waals surface area (Å²) in [6, 6.07) is 14.1. The van der Waals surface area contributed by atoms with Crippen LogP contribution in [0.1, 0.15) is 12.5 Å². The number of nitrogens with one attached hydrogen (secondary N) is 2. The van der Waals surface area contributed by atoms with Crippen molar-refractivity contribution in [2.24, 2.45) is 0 Å². The number of sulfonamides is 1. The third kappa shape index (κ3) is 4.81. The van der Waals surface area contributed by atoms with Gasteiger partial charge in [0, 0.05) is 19.2 Å². The smallest absolute Gasteiger partial charge is 0.244 e. The number of anilines is 1. The molecule has 0 heterocycles. The van der Waals surface area contributed by atoms with Gasteiger partial charge in [-0.05, 0) is 30.2 Å². The van der Waals surface area contributed by atoms with E-state index < -0.39 is 10.0 Å². The molecule has 0 bridgehead atoms. The van der Waals surface area contributed by atoms with E-state index in [0.717, 1.165) is 5.56 Å². The Balaban J connectivity index is 2.16. The second-order valence-electron chi connectivity index (χ2n) is 5.18. The van der Waals surface area contributed by atoms with Crippen LogP contribution in [0.15, 0.2) is 53.4 Å². The van der Waals surface area contributed by atoms with Crippen LogP contribution in [0, 0.1) is 0 Å². The third-order valence-corrected chi connectivity index (χ3v) is 4.80. The predicted octanol–water partition coefficient (Wildman–Crippen LogP) is 2.17. The van der Waals surface area contributed by atoms with E-state index in [1.165, 1.54) is 26.2 Å². The van der Waals surface area contributed by atoms with E-state index >= 15 is 0 Å². The van der Waals surface area contributed by atoms with Crippen LogP contribution in [0.4, 0.5) is 5.69 Å². The summed E-state index contributed by atoms with van der Waals surface area (Å²) in [6.45, 7) is 1.62. The molecule has 7 heteroatoms. The van der Waals surface area contributed by atoms with Crippen molar-refractivity contribution in [3.63, 3.8) is 0 Å². The summed E-state index contributed by atoms with van der Waals surface area (Å²) in [4.78, 5) is 11.1. The average Bonchev–Trinajstić information content (AvgIpc) is 2.55. The van der Waals surface area contributed by atoms with Crippen LogP contribution >= 0.6 is 0 Å². The van der Waals surface area contributed by atoms with Crippen molar-refractivity contribution in [2.45, 2.75) is 18.2 Å². The van der Waals surface area contributed by atoms with Crippen LogP contribution in [0.5, 0.6) is 5.75 Å². The number of hydrogen-bond acceptors (Lipinski definition) is 4. The fourth-order valence-corrected chi connectivity index (χ4v) is 3.44. The second kappa shape index (κ2) is 7.94. The first kappa shape index (κ1) is 18.0. The summed E-state index contributed by atoms with van der Waals surface area (Å²) in [7, 11) is -2.36. The summed E-state index contributed by atoms with van der Waals surface area (Å²) in [5.74, 6) is -0.0585. The van der Waals surface area contributed by atoms with Crippen LogP contribution in [-0.4, -0.2) is 28.0 Å². The molecule has 0 aliphatic carbocycles. The van der Waals surface area contributed by atoms with Gasteiger partial charge in [0.05, 0.1) is 7.11 Å². The lowest BCUT2D eigenvalue weighted by Crippen LogP contribution is -2.26. The number of benzene rings is 2. The lowest BCUT2D eigenvalue weighted by molar-refractivity contribution is -0.114. The fourth-order valence-electron chi connectivity index (χ4n) is 2.22. The molecule has 0 radical (unpaired) electrons. The van der Waals surface area contributed by atoms with Crippen LogP contribution < -0.4 is 14.8 Å². The Morgan fingerprint density at radius 1 is 1.12 bits per heavy atom. The highest BCUT2D eigenvalue weighted by molar-refractivity contribution is 7.89. The molecule has 2 aromatic carbocycles. The zero-order valence-electron chi connectivity index (χ0n) is 13.6. The molecule has 0 unspecified atom stereocenters. The summed E-state index contributed by atoms with van der Waals surface area (Å²) in [6.07, 6.45) is 0.577. The molecule has 0 spiro atoms. The molecule has 2 N–H and O–H groups in total. The molecular formula is C17H20N2O4S. The highest BCUT2D eigenvalue weighted by Gasteiger charge is 2.20. The van der Waals surface area contributed by atoms with Crippen LogP contribution in [0.2, 0.25) is 0 Å². The first-order chi connectivity index (χ1) is 11.4. The Kier molecular flexibility index (Phi) is 5.94. The first-order valence-electron chi connectivity index (χ1n) is 7.41. The fraction of sp³-hybridized carbons (Fsp3) is 0.235. The number of amides is 1. The number of carbonyl (C=O) groups is 1. The molecular weight excluding hydrogens is 328 g/mol. The zero-order valence-corrected chi connectivity index (χ0v) is 14.4. The van der Waals surface area contributed by atoms with Crippen LogP contribution in [0.3, 0.4) is 0 Å². The Bertz CT molecular complexity index is 805. The molecule has 0 saturated carbocycles. The lowest BCUT2D eigenvalue weighted by Gasteiger charge is -2.12. The standard InChI is InChI=1S/C17H20N2O4S/c1-13(20)19-15-8-9-16(23-2)17(12-15)24(21,22)18-11-10-14-6-4-3-5-7-14/h3-9,12,18H,10-11H2,1-2H3,(H,19,20). The Morgan fingerprint density at radius 2 is 1.83 bits per heavy atom. The molecule has 1 amide bonds. The maximum absolute atomic E-state index is 12.5. The van der Waals surface area contributed by atoms with E-state index in [4.69, 9.17) is 4.74 Å². The van der Waals surface area contributed by atoms with Gasteiger partial charge in [0.25, 0.3) is 0 Å². The molecule has 6 nitrogen and oxygen atoms in total. The number of rotatable bonds is 7. The van der Waals surface area contributed by atoms with Crippen molar-refractivity contribution in [1.29, 1.82) is 0 Å². The molecule has 128 valence electrons. The molecule has 0 aromatic heterocycles. The van der Waals surface area contributed by atoms with Gasteiger partial charge in [-0.3, -0.25) is 4.79 Å². The van der Waals surface area contributed by atoms with E-state index in [1.807, 2.05) is 30.3 Å². The number of hydrogen-bond donors (Lipinski definition) is 2. The normalized spacial score (nSPS) is 11.1. The van der Waals surface area contributed by atoms with Gasteiger partial charge in [-0.15, -0.1) is 0 Å². The second-order valence-corrected chi connectivity index (χ2v) is 6.92. The summed E-state index contributed by atoms with van der Waals surface area (Å²) < 4.78 is 32.8. The molecule has 0 atom stereocenters. The van der Waals surface area contributed by atoms with Gasteiger partial charge in [0.15, 0.2) is 0 Å². The Labute approximate surface area is 141 Å². The van der Waals surface area contributed by atoms with E-state index in [-0.39, 0.29) is 23.1 Å². The van der Waals surface area contributed by atoms with Gasteiger partial charge in [-0.1, -0.05) is 30.3 Å². The van der Waals surface area contributed by atoms with Gasteiger partial charge in [-0.2, -0.15) is 0 Å². The maximum Gasteiger partial charge on any atom is 0.244 e. The number of methoxy groups -OCH3 is 1. The molecule has 0 saturated heterocycles. The Morgan fingerprint density at radius 3 is 2.46 bits per heavy atom. The minimum atomic E-state index is -3.76. The first-order valence-corrected chi connectivity index (χ1v) is 8.90. The van der Waals surface area contributed by atoms with Gasteiger partial charge < -0.3 is 10.1 Å². The van der Waals surface area contributed by atoms with Crippen molar-refractivity contribution in [2.75, 3.05) is 19.0 Å². The quantitative estimate of drug-likeness (QED) is 0.803. The average molecular weight is 348 g/mol. The van der Waals surface area contributed by atoms with Crippen molar-refractivity contribution < 1.29 is 17.9 Å². The van der Waals surface area contributed by atoms with Crippen molar-refractivity contribution in [1.82, 2.24) is 4.72 Å². The molecule has 0 fully saturated rings. The molecule has 2 aromatic rings. The molecule has 2 rings (SSSR count). The van der Waals surface area contributed by atoms with Crippen molar-refractivity contribution in [3.05, 3.63) is 54.1 Å². The van der Waals surface area contributed by atoms with Gasteiger partial charge >= 0.3 is 0 Å². The topological polar surface area (TPSA) is 84.5 Å². The molecule has 0 aliphatic rings. The predicted molar refractivity (Wildman–Crippen MR) is 92.6 cm³/mol. The highest BCUT2D eigenvalue weighted by Crippen LogP contribution is 2.27. The summed E-state index contributed by atoms with van der Waals surface area (Å²) in [5.41, 5.74) is 1.44. The van der Waals surface area contributed by atoms with E-state index in [2.05, 4.69) is 10.0 Å². The Hall–Kier alpha value is -2.38. The van der Waals surface area contributed by atoms with Crippen LogP contribution in [-0.2, 0) is 21.2 Å². The van der Waals surface area contributed by atoms with E-state index in [0.29, 0.717) is 12.1 Å². The van der Waals surface area contributed by atoms with Crippen LogP contribution in [0.25, 0.3) is 0 Å². The SMILES string of the molecule is COc1ccc(NC(C)=O)cc1S(=O)(=O)NCCc1ccccc1. The highest BCUT2D eigenvalue weighted by atomic mass is 32.2. The monoisotopic (exact) mass is 348 g/mol. The number of ether oxygens (including phenoxy) is 1. The van der Waals surface area contributed by atoms with Gasteiger partial charge in [-0.25, -0.2) is 13.1 Å². The minimum Gasteiger partial charge on any atom is -0.495 e.